The molecule has 4 heteroatoms. The van der Waals surface area contributed by atoms with Crippen LogP contribution in [0.1, 0.15) is 44.6 Å². The summed E-state index contributed by atoms with van der Waals surface area (Å²) in [6, 6.07) is 8.19. The van der Waals surface area contributed by atoms with Crippen molar-refractivity contribution in [2.24, 2.45) is 35.0 Å². The van der Waals surface area contributed by atoms with Crippen LogP contribution in [0.25, 0.3) is 0 Å². The van der Waals surface area contributed by atoms with Gasteiger partial charge in [0.05, 0.1) is 6.10 Å². The van der Waals surface area contributed by atoms with Gasteiger partial charge in [-0.1, -0.05) is 36.7 Å². The number of nitrogens with zero attached hydrogens (tertiary/aromatic N) is 1. The van der Waals surface area contributed by atoms with Crippen molar-refractivity contribution in [2.45, 2.75) is 51.6 Å². The number of amides is 1. The Kier molecular flexibility index (Phi) is 4.32. The number of aliphatic hydroxyl groups is 1. The Morgan fingerprint density at radius 1 is 1.15 bits per heavy atom. The molecule has 4 aliphatic carbocycles. The number of carbonyl (C=O) groups is 1. The van der Waals surface area contributed by atoms with Crippen LogP contribution in [0.15, 0.2) is 24.3 Å². The molecule has 5 fully saturated rings. The topological polar surface area (TPSA) is 40.5 Å². The van der Waals surface area contributed by atoms with Gasteiger partial charge < -0.3 is 10.0 Å². The van der Waals surface area contributed by atoms with Gasteiger partial charge >= 0.3 is 0 Å². The van der Waals surface area contributed by atoms with Gasteiger partial charge in [-0.25, -0.2) is 0 Å². The lowest BCUT2D eigenvalue weighted by Crippen LogP contribution is -2.60. The maximum absolute atomic E-state index is 13.1. The summed E-state index contributed by atoms with van der Waals surface area (Å²) in [5.41, 5.74) is 1.26. The molecule has 146 valence electrons. The molecule has 27 heavy (non-hydrogen) atoms. The smallest absolute Gasteiger partial charge is 0.223 e. The van der Waals surface area contributed by atoms with E-state index in [2.05, 4.69) is 19.1 Å². The predicted molar refractivity (Wildman–Crippen MR) is 106 cm³/mol. The molecule has 1 aromatic carbocycles. The summed E-state index contributed by atoms with van der Waals surface area (Å²) < 4.78 is 0. The maximum atomic E-state index is 13.1. The van der Waals surface area contributed by atoms with E-state index in [4.69, 9.17) is 11.6 Å². The predicted octanol–water partition coefficient (Wildman–Crippen LogP) is 4.16. The molecule has 0 radical (unpaired) electrons. The van der Waals surface area contributed by atoms with E-state index in [1.54, 1.807) is 0 Å². The number of carbonyl (C=O) groups excluding carboxylic acids is 1. The summed E-state index contributed by atoms with van der Waals surface area (Å²) >= 11 is 6.55. The zero-order chi connectivity index (χ0) is 18.8. The molecule has 4 saturated carbocycles. The van der Waals surface area contributed by atoms with E-state index in [1.807, 2.05) is 17.0 Å². The van der Waals surface area contributed by atoms with Crippen molar-refractivity contribution >= 4 is 17.5 Å². The monoisotopic (exact) mass is 387 g/mol. The van der Waals surface area contributed by atoms with Crippen LogP contribution in [-0.2, 0) is 11.2 Å². The minimum Gasteiger partial charge on any atom is -0.389 e. The number of likely N-dealkylation sites (tertiary alicyclic amines) is 1. The van der Waals surface area contributed by atoms with E-state index < -0.39 is 0 Å². The minimum absolute atomic E-state index is 0.0513. The second-order valence-electron chi connectivity index (χ2n) is 9.85. The maximum Gasteiger partial charge on any atom is 0.223 e. The van der Waals surface area contributed by atoms with Gasteiger partial charge in [0.1, 0.15) is 0 Å². The van der Waals surface area contributed by atoms with E-state index in [-0.39, 0.29) is 17.4 Å². The lowest BCUT2D eigenvalue weighted by Gasteiger charge is -2.64. The summed E-state index contributed by atoms with van der Waals surface area (Å²) in [5, 5.41) is 10.5. The standard InChI is InChI=1S/C23H30ClNO2/c1-14-16-6-18-8-17(14)9-19(7-16)23(18,10-15-4-2-3-5-21(15)24)11-22(27)25-12-20(26)13-25/h2-5,14,16-20,26H,6-13H2,1H3. The number of rotatable bonds is 4. The van der Waals surface area contributed by atoms with Crippen LogP contribution in [-0.4, -0.2) is 35.1 Å². The molecule has 1 saturated heterocycles. The highest BCUT2D eigenvalue weighted by atomic mass is 35.5. The number of benzene rings is 1. The first-order chi connectivity index (χ1) is 13.0. The first kappa shape index (κ1) is 18.0. The molecule has 6 rings (SSSR count). The van der Waals surface area contributed by atoms with Crippen molar-refractivity contribution in [1.82, 2.24) is 4.90 Å². The summed E-state index contributed by atoms with van der Waals surface area (Å²) in [5.74, 6) is 4.09. The van der Waals surface area contributed by atoms with E-state index in [1.165, 1.54) is 31.2 Å². The molecule has 5 aliphatic rings. The average molecular weight is 388 g/mol. The van der Waals surface area contributed by atoms with Gasteiger partial charge in [0, 0.05) is 24.5 Å². The third-order valence-electron chi connectivity index (χ3n) is 8.64. The van der Waals surface area contributed by atoms with Gasteiger partial charge in [-0.2, -0.15) is 0 Å². The van der Waals surface area contributed by atoms with Crippen LogP contribution in [0.3, 0.4) is 0 Å². The van der Waals surface area contributed by atoms with Crippen molar-refractivity contribution in [2.75, 3.05) is 13.1 Å². The number of hydrogen-bond acceptors (Lipinski definition) is 2. The van der Waals surface area contributed by atoms with Gasteiger partial charge in [0.25, 0.3) is 0 Å². The molecule has 1 heterocycles. The highest BCUT2D eigenvalue weighted by Gasteiger charge is 2.59. The van der Waals surface area contributed by atoms with Crippen molar-refractivity contribution < 1.29 is 9.90 Å². The SMILES string of the molecule is CC1C2CC3CC1CC(C2)C3(CC(=O)N1CC(O)C1)Cc1ccccc1Cl. The highest BCUT2D eigenvalue weighted by molar-refractivity contribution is 6.31. The third kappa shape index (κ3) is 2.84. The normalized spacial score (nSPS) is 40.3. The quantitative estimate of drug-likeness (QED) is 0.842. The first-order valence-corrected chi connectivity index (χ1v) is 11.0. The molecule has 1 N–H and O–H groups in total. The van der Waals surface area contributed by atoms with Gasteiger partial charge in [-0.15, -0.1) is 0 Å². The first-order valence-electron chi connectivity index (χ1n) is 10.7. The summed E-state index contributed by atoms with van der Waals surface area (Å²) in [6.07, 6.45) is 6.38. The second-order valence-corrected chi connectivity index (χ2v) is 10.3. The van der Waals surface area contributed by atoms with Crippen LogP contribution >= 0.6 is 11.6 Å². The highest BCUT2D eigenvalue weighted by Crippen LogP contribution is 2.66. The Bertz CT molecular complexity index is 712. The largest absolute Gasteiger partial charge is 0.389 e. The Balaban J connectivity index is 1.47. The second kappa shape index (κ2) is 6.49. The minimum atomic E-state index is -0.326. The number of halogens is 1. The van der Waals surface area contributed by atoms with Crippen LogP contribution < -0.4 is 0 Å². The van der Waals surface area contributed by atoms with E-state index in [0.717, 1.165) is 29.2 Å². The fourth-order valence-electron chi connectivity index (χ4n) is 7.05. The Morgan fingerprint density at radius 3 is 2.30 bits per heavy atom. The fourth-order valence-corrected chi connectivity index (χ4v) is 7.25. The van der Waals surface area contributed by atoms with Crippen molar-refractivity contribution in [1.29, 1.82) is 0 Å². The lowest BCUT2D eigenvalue weighted by atomic mass is 9.41. The lowest BCUT2D eigenvalue weighted by molar-refractivity contribution is -0.164. The van der Waals surface area contributed by atoms with Gasteiger partial charge in [0.2, 0.25) is 5.91 Å². The Labute approximate surface area is 167 Å². The molecule has 3 nitrogen and oxygen atoms in total. The molecule has 0 aromatic heterocycles. The summed E-state index contributed by atoms with van der Waals surface area (Å²) in [7, 11) is 0. The molecule has 4 bridgehead atoms. The molecule has 0 spiro atoms. The molecule has 1 aromatic rings. The van der Waals surface area contributed by atoms with Gasteiger partial charge in [-0.3, -0.25) is 4.79 Å². The summed E-state index contributed by atoms with van der Waals surface area (Å²) in [6.45, 7) is 3.48. The van der Waals surface area contributed by atoms with E-state index >= 15 is 0 Å². The number of aliphatic hydroxyl groups excluding tert-OH is 1. The number of β-amino-alcohol motifs (C(OH)–C–C–N with tert-alkyl or cyclic N) is 1. The molecular weight excluding hydrogens is 358 g/mol. The Morgan fingerprint density at radius 2 is 1.74 bits per heavy atom. The van der Waals surface area contributed by atoms with Gasteiger partial charge in [-0.05, 0) is 78.7 Å². The van der Waals surface area contributed by atoms with Crippen LogP contribution in [0.2, 0.25) is 5.02 Å². The summed E-state index contributed by atoms with van der Waals surface area (Å²) in [4.78, 5) is 14.9. The molecule has 0 unspecified atom stereocenters. The third-order valence-corrected chi connectivity index (χ3v) is 9.00. The molecule has 1 aliphatic heterocycles. The van der Waals surface area contributed by atoms with Gasteiger partial charge in [0.15, 0.2) is 0 Å². The van der Waals surface area contributed by atoms with Crippen molar-refractivity contribution in [3.63, 3.8) is 0 Å². The van der Waals surface area contributed by atoms with E-state index in [0.29, 0.717) is 31.3 Å². The van der Waals surface area contributed by atoms with Crippen molar-refractivity contribution in [3.05, 3.63) is 34.9 Å². The molecule has 0 atom stereocenters. The van der Waals surface area contributed by atoms with E-state index in [9.17, 15) is 9.90 Å². The molecule has 1 amide bonds. The Hall–Kier alpha value is -1.06. The van der Waals surface area contributed by atoms with Crippen LogP contribution in [0.5, 0.6) is 0 Å². The van der Waals surface area contributed by atoms with Crippen LogP contribution in [0, 0.1) is 35.0 Å². The number of hydrogen-bond donors (Lipinski definition) is 1. The fraction of sp³-hybridized carbons (Fsp3) is 0.696. The molecular formula is C23H30ClNO2. The van der Waals surface area contributed by atoms with Crippen LogP contribution in [0.4, 0.5) is 0 Å². The zero-order valence-corrected chi connectivity index (χ0v) is 16.9. The zero-order valence-electron chi connectivity index (χ0n) is 16.1. The average Bonchev–Trinajstić information content (AvgIpc) is 2.59. The van der Waals surface area contributed by atoms with Crippen molar-refractivity contribution in [3.8, 4) is 0 Å².